The van der Waals surface area contributed by atoms with Crippen molar-refractivity contribution in [3.8, 4) is 0 Å². The maximum absolute atomic E-state index is 12.3. The number of sulfonamides is 1. The lowest BCUT2D eigenvalue weighted by Gasteiger charge is -2.31. The second-order valence-corrected chi connectivity index (χ2v) is 7.68. The van der Waals surface area contributed by atoms with Gasteiger partial charge in [-0.15, -0.1) is 11.3 Å². The molecule has 1 aliphatic rings. The van der Waals surface area contributed by atoms with Gasteiger partial charge in [0.1, 0.15) is 4.21 Å². The Balaban J connectivity index is 2.04. The van der Waals surface area contributed by atoms with E-state index >= 15 is 0 Å². The molecule has 1 fully saturated rings. The van der Waals surface area contributed by atoms with Crippen LogP contribution in [0.15, 0.2) is 15.7 Å². The van der Waals surface area contributed by atoms with E-state index < -0.39 is 10.0 Å². The summed E-state index contributed by atoms with van der Waals surface area (Å²) in [6.07, 6.45) is 1.95. The molecule has 0 saturated carbocycles. The van der Waals surface area contributed by atoms with Crippen molar-refractivity contribution in [2.24, 2.45) is 5.73 Å². The van der Waals surface area contributed by atoms with Gasteiger partial charge in [0.05, 0.1) is 0 Å². The molecule has 1 saturated heterocycles. The maximum atomic E-state index is 12.3. The lowest BCUT2D eigenvalue weighted by Crippen LogP contribution is -2.47. The zero-order chi connectivity index (χ0) is 13.9. The van der Waals surface area contributed by atoms with Crippen LogP contribution in [0.5, 0.6) is 0 Å². The largest absolute Gasteiger partial charge is 0.326 e. The van der Waals surface area contributed by atoms with Gasteiger partial charge in [-0.05, 0) is 42.9 Å². The molecule has 1 aliphatic heterocycles. The van der Waals surface area contributed by atoms with Crippen molar-refractivity contribution in [2.75, 3.05) is 19.6 Å². The fraction of sp³-hybridized carbons (Fsp3) is 0.667. The van der Waals surface area contributed by atoms with E-state index in [4.69, 9.17) is 5.73 Å². The van der Waals surface area contributed by atoms with Crippen LogP contribution >= 0.6 is 11.3 Å². The average molecular weight is 303 g/mol. The molecule has 0 bridgehead atoms. The lowest BCUT2D eigenvalue weighted by atomic mass is 10.1. The molecule has 1 aromatic rings. The summed E-state index contributed by atoms with van der Waals surface area (Å²) >= 11 is 1.23. The van der Waals surface area contributed by atoms with Crippen molar-refractivity contribution in [1.29, 1.82) is 0 Å². The van der Waals surface area contributed by atoms with Gasteiger partial charge in [0, 0.05) is 19.1 Å². The van der Waals surface area contributed by atoms with Crippen molar-refractivity contribution in [3.63, 3.8) is 0 Å². The molecule has 5 nitrogen and oxygen atoms in total. The summed E-state index contributed by atoms with van der Waals surface area (Å²) in [6, 6.07) is 1.68. The Morgan fingerprint density at radius 2 is 2.37 bits per heavy atom. The van der Waals surface area contributed by atoms with Gasteiger partial charge in [-0.25, -0.2) is 13.1 Å². The summed E-state index contributed by atoms with van der Waals surface area (Å²) in [4.78, 5) is 2.27. The van der Waals surface area contributed by atoms with E-state index in [1.807, 2.05) is 0 Å². The third-order valence-electron chi connectivity index (χ3n) is 3.40. The molecular weight excluding hydrogens is 282 g/mol. The Labute approximate surface area is 118 Å². The number of hydrogen-bond donors (Lipinski definition) is 2. The van der Waals surface area contributed by atoms with Crippen LogP contribution in [0.3, 0.4) is 0 Å². The smallest absolute Gasteiger partial charge is 0.250 e. The van der Waals surface area contributed by atoms with E-state index in [2.05, 4.69) is 16.5 Å². The number of nitrogens with two attached hydrogens (primary N) is 1. The second-order valence-electron chi connectivity index (χ2n) is 4.83. The number of likely N-dealkylation sites (N-methyl/N-ethyl adjacent to an activating group) is 1. The molecule has 1 unspecified atom stereocenters. The molecular formula is C12H21N3O2S2. The molecule has 2 heterocycles. The van der Waals surface area contributed by atoms with Gasteiger partial charge < -0.3 is 10.6 Å². The van der Waals surface area contributed by atoms with Gasteiger partial charge >= 0.3 is 0 Å². The Kier molecular flexibility index (Phi) is 4.97. The van der Waals surface area contributed by atoms with Gasteiger partial charge in [0.15, 0.2) is 0 Å². The highest BCUT2D eigenvalue weighted by molar-refractivity contribution is 7.91. The predicted molar refractivity (Wildman–Crippen MR) is 77.7 cm³/mol. The molecule has 0 aliphatic carbocycles. The number of nitrogens with one attached hydrogen (secondary N) is 1. The fourth-order valence-corrected chi connectivity index (χ4v) is 4.82. The first-order valence-electron chi connectivity index (χ1n) is 6.57. The van der Waals surface area contributed by atoms with Gasteiger partial charge in [0.25, 0.3) is 0 Å². The third kappa shape index (κ3) is 3.76. The van der Waals surface area contributed by atoms with Crippen molar-refractivity contribution in [3.05, 3.63) is 17.0 Å². The van der Waals surface area contributed by atoms with Crippen LogP contribution in [-0.4, -0.2) is 39.0 Å². The zero-order valence-electron chi connectivity index (χ0n) is 11.1. The molecule has 3 N–H and O–H groups in total. The number of nitrogens with zero attached hydrogens (tertiary/aromatic N) is 1. The van der Waals surface area contributed by atoms with Crippen LogP contribution < -0.4 is 10.5 Å². The molecule has 2 rings (SSSR count). The highest BCUT2D eigenvalue weighted by Crippen LogP contribution is 2.21. The van der Waals surface area contributed by atoms with Gasteiger partial charge in [-0.3, -0.25) is 0 Å². The summed E-state index contributed by atoms with van der Waals surface area (Å²) in [6.45, 7) is 5.30. The van der Waals surface area contributed by atoms with Crippen molar-refractivity contribution in [1.82, 2.24) is 9.62 Å². The standard InChI is InChI=1S/C12H21N3O2S2/c1-2-15-5-3-4-11(8-15)14-19(16,17)12-6-10(7-13)9-18-12/h6,9,11,14H,2-5,7-8,13H2,1H3. The van der Waals surface area contributed by atoms with Crippen LogP contribution in [-0.2, 0) is 16.6 Å². The van der Waals surface area contributed by atoms with Crippen LogP contribution in [0, 0.1) is 0 Å². The normalized spacial score (nSPS) is 21.7. The summed E-state index contributed by atoms with van der Waals surface area (Å²) in [5.41, 5.74) is 6.38. The predicted octanol–water partition coefficient (Wildman–Crippen LogP) is 0.969. The second kappa shape index (κ2) is 6.32. The highest BCUT2D eigenvalue weighted by atomic mass is 32.2. The minimum atomic E-state index is -3.39. The summed E-state index contributed by atoms with van der Waals surface area (Å²) < 4.78 is 27.7. The topological polar surface area (TPSA) is 75.4 Å². The van der Waals surface area contributed by atoms with Crippen molar-refractivity contribution in [2.45, 2.75) is 36.6 Å². The fourth-order valence-electron chi connectivity index (χ4n) is 2.32. The Morgan fingerprint density at radius 3 is 3.00 bits per heavy atom. The van der Waals surface area contributed by atoms with Crippen LogP contribution in [0.25, 0.3) is 0 Å². The van der Waals surface area contributed by atoms with E-state index in [0.717, 1.165) is 38.0 Å². The molecule has 0 radical (unpaired) electrons. The third-order valence-corrected chi connectivity index (χ3v) is 6.41. The highest BCUT2D eigenvalue weighted by Gasteiger charge is 2.25. The zero-order valence-corrected chi connectivity index (χ0v) is 12.8. The average Bonchev–Trinajstić information content (AvgIpc) is 2.88. The minimum absolute atomic E-state index is 0.0159. The van der Waals surface area contributed by atoms with E-state index in [9.17, 15) is 8.42 Å². The molecule has 0 spiro atoms. The van der Waals surface area contributed by atoms with Gasteiger partial charge in [-0.2, -0.15) is 0 Å². The first-order chi connectivity index (χ1) is 9.05. The number of likely N-dealkylation sites (tertiary alicyclic amines) is 1. The Bertz CT molecular complexity index is 513. The SMILES string of the molecule is CCN1CCCC(NS(=O)(=O)c2cc(CN)cs2)C1. The molecule has 0 aromatic carbocycles. The van der Waals surface area contributed by atoms with E-state index in [-0.39, 0.29) is 6.04 Å². The minimum Gasteiger partial charge on any atom is -0.326 e. The van der Waals surface area contributed by atoms with Crippen LogP contribution in [0.2, 0.25) is 0 Å². The van der Waals surface area contributed by atoms with Crippen molar-refractivity contribution >= 4 is 21.4 Å². The number of piperidine rings is 1. The molecule has 19 heavy (non-hydrogen) atoms. The first kappa shape index (κ1) is 14.9. The van der Waals surface area contributed by atoms with E-state index in [0.29, 0.717) is 10.8 Å². The quantitative estimate of drug-likeness (QED) is 0.850. The van der Waals surface area contributed by atoms with Crippen LogP contribution in [0.1, 0.15) is 25.3 Å². The van der Waals surface area contributed by atoms with Crippen LogP contribution in [0.4, 0.5) is 0 Å². The Hall–Kier alpha value is -0.470. The van der Waals surface area contributed by atoms with Gasteiger partial charge in [-0.1, -0.05) is 6.92 Å². The van der Waals surface area contributed by atoms with E-state index in [1.54, 1.807) is 11.4 Å². The number of rotatable bonds is 5. The monoisotopic (exact) mass is 303 g/mol. The maximum Gasteiger partial charge on any atom is 0.250 e. The molecule has 7 heteroatoms. The summed E-state index contributed by atoms with van der Waals surface area (Å²) in [5, 5.41) is 1.80. The number of thiophene rings is 1. The van der Waals surface area contributed by atoms with Gasteiger partial charge in [0.2, 0.25) is 10.0 Å². The van der Waals surface area contributed by atoms with E-state index in [1.165, 1.54) is 11.3 Å². The number of hydrogen-bond acceptors (Lipinski definition) is 5. The van der Waals surface area contributed by atoms with Crippen molar-refractivity contribution < 1.29 is 8.42 Å². The summed E-state index contributed by atoms with van der Waals surface area (Å²) in [5.74, 6) is 0. The molecule has 0 amide bonds. The Morgan fingerprint density at radius 1 is 1.58 bits per heavy atom. The first-order valence-corrected chi connectivity index (χ1v) is 8.93. The molecule has 1 aromatic heterocycles. The summed E-state index contributed by atoms with van der Waals surface area (Å²) in [7, 11) is -3.39. The lowest BCUT2D eigenvalue weighted by molar-refractivity contribution is 0.211. The molecule has 108 valence electrons. The molecule has 1 atom stereocenters.